The molecule has 1 aliphatic heterocycles. The number of carbonyl (C=O) groups is 2. The third-order valence-corrected chi connectivity index (χ3v) is 3.40. The van der Waals surface area contributed by atoms with E-state index in [1.165, 1.54) is 0 Å². The fraction of sp³-hybridized carbons (Fsp3) is 0.500. The van der Waals surface area contributed by atoms with Crippen LogP contribution < -0.4 is 16.6 Å². The number of aromatic nitrogens is 2. The summed E-state index contributed by atoms with van der Waals surface area (Å²) in [6, 6.07) is 0. The van der Waals surface area contributed by atoms with Crippen molar-refractivity contribution in [2.45, 2.75) is 24.5 Å². The van der Waals surface area contributed by atoms with Crippen molar-refractivity contribution < 1.29 is 34.4 Å². The number of H-pyrrole nitrogens is 1. The Hall–Kier alpha value is -2.54. The highest BCUT2D eigenvalue weighted by atomic mass is 16.6. The number of hydrogen-bond donors (Lipinski definition) is 5. The van der Waals surface area contributed by atoms with Gasteiger partial charge in [-0.05, 0) is 0 Å². The molecular weight excluding hydrogens is 330 g/mol. The summed E-state index contributed by atoms with van der Waals surface area (Å²) in [5.41, 5.74) is -2.73. The lowest BCUT2D eigenvalue weighted by atomic mass is 10.1. The molecule has 2 amide bonds. The Bertz CT molecular complexity index is 755. The lowest BCUT2D eigenvalue weighted by Gasteiger charge is -2.17. The van der Waals surface area contributed by atoms with Gasteiger partial charge in [-0.15, -0.1) is 0 Å². The van der Waals surface area contributed by atoms with Gasteiger partial charge in [0.2, 0.25) is 0 Å². The highest BCUT2D eigenvalue weighted by molar-refractivity contribution is 6.02. The molecule has 0 radical (unpaired) electrons. The van der Waals surface area contributed by atoms with Crippen LogP contribution in [0, 0.1) is 0 Å². The number of nitrogens with one attached hydrogen (secondary N) is 2. The number of aliphatic hydroxyl groups is 3. The Kier molecular flexibility index (Phi) is 5.14. The van der Waals surface area contributed by atoms with Crippen molar-refractivity contribution in [2.24, 2.45) is 0 Å². The second-order valence-corrected chi connectivity index (χ2v) is 4.88. The van der Waals surface area contributed by atoms with Crippen molar-refractivity contribution in [1.82, 2.24) is 14.9 Å². The number of alkyl carbamates (subject to hydrolysis) is 1. The van der Waals surface area contributed by atoms with Gasteiger partial charge in [0.1, 0.15) is 23.9 Å². The minimum absolute atomic E-state index is 0.623. The number of aromatic amines is 1. The zero-order valence-electron chi connectivity index (χ0n) is 12.3. The Morgan fingerprint density at radius 3 is 2.58 bits per heavy atom. The summed E-state index contributed by atoms with van der Waals surface area (Å²) in [7, 11) is 1.01. The van der Waals surface area contributed by atoms with E-state index in [2.05, 4.69) is 4.74 Å². The lowest BCUT2D eigenvalue weighted by molar-refractivity contribution is -0.0551. The fourth-order valence-electron chi connectivity index (χ4n) is 2.16. The van der Waals surface area contributed by atoms with Gasteiger partial charge >= 0.3 is 11.8 Å². The maximum Gasteiger partial charge on any atom is 0.413 e. The molecule has 12 nitrogen and oxygen atoms in total. The molecule has 24 heavy (non-hydrogen) atoms. The summed E-state index contributed by atoms with van der Waals surface area (Å²) in [6.45, 7) is -0.623. The van der Waals surface area contributed by atoms with Crippen LogP contribution in [0.1, 0.15) is 16.6 Å². The fourth-order valence-corrected chi connectivity index (χ4v) is 2.16. The average Bonchev–Trinajstić information content (AvgIpc) is 2.82. The van der Waals surface area contributed by atoms with Gasteiger partial charge in [0.15, 0.2) is 6.23 Å². The van der Waals surface area contributed by atoms with Gasteiger partial charge in [-0.1, -0.05) is 0 Å². The number of ether oxygens (including phenoxy) is 2. The van der Waals surface area contributed by atoms with Gasteiger partial charge in [0.25, 0.3) is 11.5 Å². The molecule has 0 bridgehead atoms. The van der Waals surface area contributed by atoms with Gasteiger partial charge < -0.3 is 24.8 Å². The van der Waals surface area contributed by atoms with Crippen LogP contribution >= 0.6 is 0 Å². The topological polar surface area (TPSA) is 180 Å². The van der Waals surface area contributed by atoms with E-state index in [1.807, 2.05) is 4.98 Å². The predicted octanol–water partition coefficient (Wildman–Crippen LogP) is -3.36. The molecule has 2 heterocycles. The third kappa shape index (κ3) is 3.21. The average molecular weight is 345 g/mol. The maximum absolute atomic E-state index is 11.9. The van der Waals surface area contributed by atoms with Crippen molar-refractivity contribution in [2.75, 3.05) is 13.7 Å². The van der Waals surface area contributed by atoms with Gasteiger partial charge in [0.05, 0.1) is 13.7 Å². The molecule has 0 unspecified atom stereocenters. The third-order valence-electron chi connectivity index (χ3n) is 3.40. The highest BCUT2D eigenvalue weighted by Gasteiger charge is 2.44. The summed E-state index contributed by atoms with van der Waals surface area (Å²) in [5, 5.41) is 30.4. The molecule has 12 heteroatoms. The second kappa shape index (κ2) is 6.92. The number of rotatable bonds is 3. The van der Waals surface area contributed by atoms with Crippen molar-refractivity contribution in [3.63, 3.8) is 0 Å². The van der Waals surface area contributed by atoms with E-state index in [9.17, 15) is 29.4 Å². The molecule has 0 aromatic carbocycles. The first-order valence-electron chi connectivity index (χ1n) is 6.67. The van der Waals surface area contributed by atoms with Gasteiger partial charge in [-0.25, -0.2) is 9.59 Å². The van der Waals surface area contributed by atoms with E-state index in [0.29, 0.717) is 4.57 Å². The van der Waals surface area contributed by atoms with E-state index >= 15 is 0 Å². The minimum atomic E-state index is -1.60. The number of methoxy groups -OCH3 is 1. The first kappa shape index (κ1) is 17.8. The monoisotopic (exact) mass is 345 g/mol. The lowest BCUT2D eigenvalue weighted by Crippen LogP contribution is -2.42. The predicted molar refractivity (Wildman–Crippen MR) is 74.2 cm³/mol. The van der Waals surface area contributed by atoms with Crippen LogP contribution in [0.5, 0.6) is 0 Å². The number of amides is 2. The molecule has 2 rings (SSSR count). The van der Waals surface area contributed by atoms with E-state index < -0.39 is 60.0 Å². The molecule has 1 saturated heterocycles. The zero-order chi connectivity index (χ0) is 18.0. The summed E-state index contributed by atoms with van der Waals surface area (Å²) in [5.74, 6) is -1.15. The largest absolute Gasteiger partial charge is 0.453 e. The Morgan fingerprint density at radius 2 is 2.04 bits per heavy atom. The Balaban J connectivity index is 2.40. The molecular formula is C12H15N3O9. The number of carbonyl (C=O) groups excluding carboxylic acids is 2. The standard InChI is InChI=1S/C12H15N3O9/c1-23-12(22)14-9(20)4-2-15(11(21)13-8(4)19)10-7(18)6(17)5(3-16)24-10/h2,5-7,10,16-18H,3H2,1H3,(H,13,19,21)(H,14,20,22)/t5-,6-,7-,10-/m0/s1. The summed E-state index contributed by atoms with van der Waals surface area (Å²) >= 11 is 0. The van der Waals surface area contributed by atoms with Crippen LogP contribution in [0.25, 0.3) is 0 Å². The summed E-state index contributed by atoms with van der Waals surface area (Å²) in [6.07, 6.45) is -6.04. The van der Waals surface area contributed by atoms with E-state index in [1.54, 1.807) is 5.32 Å². The number of aliphatic hydroxyl groups excluding tert-OH is 3. The molecule has 0 spiro atoms. The number of imide groups is 1. The van der Waals surface area contributed by atoms with E-state index in [4.69, 9.17) is 9.84 Å². The molecule has 1 aliphatic rings. The second-order valence-electron chi connectivity index (χ2n) is 4.88. The molecule has 4 atom stereocenters. The normalized spacial score (nSPS) is 26.2. The van der Waals surface area contributed by atoms with Crippen molar-refractivity contribution in [3.8, 4) is 0 Å². The Labute approximate surface area is 133 Å². The molecule has 1 aromatic rings. The molecule has 5 N–H and O–H groups in total. The van der Waals surface area contributed by atoms with Crippen molar-refractivity contribution in [3.05, 3.63) is 32.6 Å². The van der Waals surface area contributed by atoms with Crippen molar-refractivity contribution >= 4 is 12.0 Å². The van der Waals surface area contributed by atoms with E-state index in [-0.39, 0.29) is 0 Å². The van der Waals surface area contributed by atoms with Gasteiger partial charge in [-0.3, -0.25) is 24.5 Å². The quantitative estimate of drug-likeness (QED) is 0.374. The van der Waals surface area contributed by atoms with Crippen molar-refractivity contribution in [1.29, 1.82) is 0 Å². The first-order valence-corrected chi connectivity index (χ1v) is 6.67. The van der Waals surface area contributed by atoms with Gasteiger partial charge in [0, 0.05) is 6.20 Å². The van der Waals surface area contributed by atoms with Crippen LogP contribution in [0.4, 0.5) is 4.79 Å². The Morgan fingerprint density at radius 1 is 1.38 bits per heavy atom. The number of nitrogens with zero attached hydrogens (tertiary/aromatic N) is 1. The van der Waals surface area contributed by atoms with Crippen LogP contribution in [0.3, 0.4) is 0 Å². The molecule has 132 valence electrons. The summed E-state index contributed by atoms with van der Waals surface area (Å²) < 4.78 is 10.0. The van der Waals surface area contributed by atoms with E-state index in [0.717, 1.165) is 13.3 Å². The smallest absolute Gasteiger partial charge is 0.413 e. The molecule has 0 saturated carbocycles. The minimum Gasteiger partial charge on any atom is -0.453 e. The SMILES string of the molecule is COC(=O)NC(=O)c1cn([C@H]2O[C@@H](CO)[C@H](O)[C@@H]2O)c(=O)[nH]c1=O. The van der Waals surface area contributed by atoms with Crippen LogP contribution in [0.2, 0.25) is 0 Å². The zero-order valence-corrected chi connectivity index (χ0v) is 12.3. The molecule has 1 aromatic heterocycles. The first-order chi connectivity index (χ1) is 11.3. The highest BCUT2D eigenvalue weighted by Crippen LogP contribution is 2.27. The molecule has 0 aliphatic carbocycles. The molecule has 1 fully saturated rings. The van der Waals surface area contributed by atoms with Crippen LogP contribution in [-0.4, -0.2) is 68.9 Å². The van der Waals surface area contributed by atoms with Gasteiger partial charge in [-0.2, -0.15) is 0 Å². The number of hydrogen-bond acceptors (Lipinski definition) is 9. The van der Waals surface area contributed by atoms with Crippen LogP contribution in [-0.2, 0) is 9.47 Å². The summed E-state index contributed by atoms with van der Waals surface area (Å²) in [4.78, 5) is 48.3. The van der Waals surface area contributed by atoms with Crippen LogP contribution in [0.15, 0.2) is 15.8 Å². The maximum atomic E-state index is 11.9.